The van der Waals surface area contributed by atoms with Crippen LogP contribution < -0.4 is 0 Å². The fourth-order valence-corrected chi connectivity index (χ4v) is 0.534. The Hall–Kier alpha value is -1.44. The van der Waals surface area contributed by atoms with Crippen LogP contribution in [0.25, 0.3) is 0 Å². The van der Waals surface area contributed by atoms with Gasteiger partial charge in [0, 0.05) is 0 Å². The van der Waals surface area contributed by atoms with E-state index in [2.05, 4.69) is 32.2 Å². The smallest absolute Gasteiger partial charge is 0.0398 e. The van der Waals surface area contributed by atoms with E-state index >= 15 is 0 Å². The molecular weight excluding hydrogens is 136 g/mol. The van der Waals surface area contributed by atoms with E-state index in [0.29, 0.717) is 0 Å². The molecule has 1 aromatic carbocycles. The van der Waals surface area contributed by atoms with Gasteiger partial charge in [-0.05, 0) is 6.92 Å². The van der Waals surface area contributed by atoms with Gasteiger partial charge >= 0.3 is 0 Å². The second kappa shape index (κ2) is 11.4. The molecular formula is C9H14N2. The molecule has 0 atom stereocenters. The Balaban J connectivity index is 0. The van der Waals surface area contributed by atoms with Crippen LogP contribution in [-0.4, -0.2) is 0 Å². The molecule has 60 valence electrons. The minimum atomic E-state index is 1.32. The molecule has 0 aliphatic carbocycles. The molecule has 0 radical (unpaired) electrons. The van der Waals surface area contributed by atoms with Crippen molar-refractivity contribution in [2.45, 2.75) is 6.92 Å². The van der Waals surface area contributed by atoms with Gasteiger partial charge in [-0.1, -0.05) is 35.9 Å². The van der Waals surface area contributed by atoms with Gasteiger partial charge in [0.2, 0.25) is 0 Å². The maximum absolute atomic E-state index is 5.00. The van der Waals surface area contributed by atoms with E-state index in [-0.39, 0.29) is 0 Å². The van der Waals surface area contributed by atoms with E-state index in [0.717, 1.165) is 0 Å². The lowest BCUT2D eigenvalue weighted by molar-refractivity contribution is 1.05. The lowest BCUT2D eigenvalue weighted by Crippen LogP contribution is -1.62. The Morgan fingerprint density at radius 1 is 1.00 bits per heavy atom. The third kappa shape index (κ3) is 8.56. The summed E-state index contributed by atoms with van der Waals surface area (Å²) in [6.45, 7) is 8.08. The van der Waals surface area contributed by atoms with Crippen molar-refractivity contribution in [3.8, 4) is 0 Å². The molecule has 2 N–H and O–H groups in total. The fourth-order valence-electron chi connectivity index (χ4n) is 0.534. The fraction of sp³-hybridized carbons (Fsp3) is 0.111. The highest BCUT2D eigenvalue weighted by Crippen LogP contribution is 1.92. The summed E-state index contributed by atoms with van der Waals surface area (Å²) in [7, 11) is 0. The van der Waals surface area contributed by atoms with E-state index < -0.39 is 0 Å². The average molecular weight is 150 g/mol. The van der Waals surface area contributed by atoms with E-state index in [1.165, 1.54) is 5.56 Å². The molecule has 2 heteroatoms. The first kappa shape index (κ1) is 12.3. The number of hydrogen-bond donors (Lipinski definition) is 2. The van der Waals surface area contributed by atoms with Crippen molar-refractivity contribution < 1.29 is 0 Å². The highest BCUT2D eigenvalue weighted by atomic mass is 14.7. The summed E-state index contributed by atoms with van der Waals surface area (Å²) in [5, 5.41) is 0. The molecule has 0 spiro atoms. The summed E-state index contributed by atoms with van der Waals surface area (Å²) < 4.78 is 0. The summed E-state index contributed by atoms with van der Waals surface area (Å²) in [5.74, 6) is 0. The summed E-state index contributed by atoms with van der Waals surface area (Å²) in [4.78, 5) is 0. The Bertz CT molecular complexity index is 158. The van der Waals surface area contributed by atoms with Gasteiger partial charge in [-0.25, -0.2) is 11.1 Å². The SMILES string of the molecule is C=C.Cc1ccccc1.N=N. The lowest BCUT2D eigenvalue weighted by Gasteiger charge is -1.82. The lowest BCUT2D eigenvalue weighted by atomic mass is 10.2. The normalized spacial score (nSPS) is 6.27. The number of hydrogen-bond acceptors (Lipinski definition) is 2. The quantitative estimate of drug-likeness (QED) is 0.420. The molecule has 0 aromatic heterocycles. The van der Waals surface area contributed by atoms with Crippen molar-refractivity contribution in [2.75, 3.05) is 0 Å². The van der Waals surface area contributed by atoms with Gasteiger partial charge in [-0.2, -0.15) is 0 Å². The highest BCUT2D eigenvalue weighted by Gasteiger charge is 1.72. The monoisotopic (exact) mass is 150 g/mol. The van der Waals surface area contributed by atoms with Crippen LogP contribution in [-0.2, 0) is 0 Å². The average Bonchev–Trinajstić information content (AvgIpc) is 2.13. The van der Waals surface area contributed by atoms with Gasteiger partial charge in [-0.15, -0.1) is 13.2 Å². The van der Waals surface area contributed by atoms with Crippen LogP contribution in [0.15, 0.2) is 43.5 Å². The molecule has 0 fully saturated rings. The zero-order valence-corrected chi connectivity index (χ0v) is 6.80. The molecule has 0 aliphatic rings. The van der Waals surface area contributed by atoms with E-state index in [1.807, 2.05) is 18.2 Å². The zero-order valence-electron chi connectivity index (χ0n) is 6.80. The molecule has 1 aromatic rings. The number of aryl methyl sites for hydroxylation is 1. The first-order valence-electron chi connectivity index (χ1n) is 3.16. The zero-order chi connectivity index (χ0) is 9.11. The molecule has 0 saturated heterocycles. The van der Waals surface area contributed by atoms with Crippen molar-refractivity contribution in [1.82, 2.24) is 0 Å². The molecule has 11 heavy (non-hydrogen) atoms. The van der Waals surface area contributed by atoms with Crippen molar-refractivity contribution in [2.24, 2.45) is 0 Å². The van der Waals surface area contributed by atoms with Crippen LogP contribution in [0.5, 0.6) is 0 Å². The second-order valence-electron chi connectivity index (χ2n) is 1.65. The van der Waals surface area contributed by atoms with E-state index in [4.69, 9.17) is 11.1 Å². The molecule has 0 unspecified atom stereocenters. The number of nitrogens with one attached hydrogen (secondary N) is 2. The molecule has 0 aliphatic heterocycles. The van der Waals surface area contributed by atoms with Crippen LogP contribution in [0.3, 0.4) is 0 Å². The van der Waals surface area contributed by atoms with Gasteiger partial charge in [0.15, 0.2) is 0 Å². The van der Waals surface area contributed by atoms with Crippen LogP contribution >= 0.6 is 0 Å². The topological polar surface area (TPSA) is 47.7 Å². The molecule has 1 rings (SSSR count). The van der Waals surface area contributed by atoms with Gasteiger partial charge in [0.25, 0.3) is 0 Å². The first-order valence-corrected chi connectivity index (χ1v) is 3.16. The summed E-state index contributed by atoms with van der Waals surface area (Å²) in [6, 6.07) is 10.3. The molecule has 2 nitrogen and oxygen atoms in total. The molecule has 0 amide bonds. The van der Waals surface area contributed by atoms with Crippen LogP contribution in [0.1, 0.15) is 5.56 Å². The van der Waals surface area contributed by atoms with Crippen LogP contribution in [0.2, 0.25) is 0 Å². The largest absolute Gasteiger partial charge is 0.213 e. The van der Waals surface area contributed by atoms with Gasteiger partial charge in [0.1, 0.15) is 0 Å². The summed E-state index contributed by atoms with van der Waals surface area (Å²) in [6.07, 6.45) is 0. The van der Waals surface area contributed by atoms with Crippen molar-refractivity contribution >= 4 is 0 Å². The van der Waals surface area contributed by atoms with Gasteiger partial charge in [-0.3, -0.25) is 0 Å². The summed E-state index contributed by atoms with van der Waals surface area (Å²) in [5.41, 5.74) is 11.3. The number of rotatable bonds is 0. The predicted molar refractivity (Wildman–Crippen MR) is 47.9 cm³/mol. The Morgan fingerprint density at radius 3 is 1.55 bits per heavy atom. The van der Waals surface area contributed by atoms with Gasteiger partial charge in [0.05, 0.1) is 0 Å². The Labute approximate surface area is 67.9 Å². The first-order chi connectivity index (χ1) is 5.39. The predicted octanol–water partition coefficient (Wildman–Crippen LogP) is 3.39. The van der Waals surface area contributed by atoms with Crippen molar-refractivity contribution in [3.05, 3.63) is 49.1 Å². The molecule has 0 heterocycles. The van der Waals surface area contributed by atoms with E-state index in [1.54, 1.807) is 0 Å². The standard InChI is InChI=1S/C7H8.C2H4.H2N2/c1-7-5-3-2-4-6-7;2*1-2/h2-6H,1H3;1-2H2;1-2H. The van der Waals surface area contributed by atoms with Crippen LogP contribution in [0.4, 0.5) is 0 Å². The molecule has 0 saturated carbocycles. The minimum Gasteiger partial charge on any atom is -0.213 e. The highest BCUT2D eigenvalue weighted by molar-refractivity contribution is 5.11. The Kier molecular flexibility index (Phi) is 12.7. The third-order valence-electron chi connectivity index (χ3n) is 0.940. The maximum Gasteiger partial charge on any atom is -0.0398 e. The maximum atomic E-state index is 5.00. The van der Waals surface area contributed by atoms with Crippen molar-refractivity contribution in [3.63, 3.8) is 0 Å². The van der Waals surface area contributed by atoms with E-state index in [9.17, 15) is 0 Å². The Morgan fingerprint density at radius 2 is 1.36 bits per heavy atom. The summed E-state index contributed by atoms with van der Waals surface area (Å²) >= 11 is 0. The third-order valence-corrected chi connectivity index (χ3v) is 0.940. The number of benzene rings is 1. The van der Waals surface area contributed by atoms with Crippen LogP contribution in [0, 0.1) is 18.0 Å². The van der Waals surface area contributed by atoms with Gasteiger partial charge < -0.3 is 0 Å². The minimum absolute atomic E-state index is 1.32. The second-order valence-corrected chi connectivity index (χ2v) is 1.65. The molecule has 0 bridgehead atoms. The van der Waals surface area contributed by atoms with Crippen molar-refractivity contribution in [1.29, 1.82) is 11.1 Å².